The molecule has 0 aliphatic heterocycles. The van der Waals surface area contributed by atoms with Crippen LogP contribution in [0.4, 0.5) is 0 Å². The van der Waals surface area contributed by atoms with Crippen molar-refractivity contribution < 1.29 is 4.74 Å². The van der Waals surface area contributed by atoms with Crippen molar-refractivity contribution >= 4 is 0 Å². The molecule has 2 heteroatoms. The molecule has 1 atom stereocenters. The largest absolute Gasteiger partial charge is 0.372 e. The van der Waals surface area contributed by atoms with Crippen LogP contribution in [0.5, 0.6) is 0 Å². The molecule has 0 radical (unpaired) electrons. The molecule has 2 nitrogen and oxygen atoms in total. The molecule has 1 fully saturated rings. The summed E-state index contributed by atoms with van der Waals surface area (Å²) in [5, 5.41) is 3.60. The number of hydrogen-bond acceptors (Lipinski definition) is 2. The van der Waals surface area contributed by atoms with Crippen molar-refractivity contribution in [2.24, 2.45) is 0 Å². The third-order valence-corrected chi connectivity index (χ3v) is 3.77. The van der Waals surface area contributed by atoms with Crippen molar-refractivity contribution in [2.45, 2.75) is 58.1 Å². The maximum atomic E-state index is 6.13. The first-order valence-corrected chi connectivity index (χ1v) is 7.71. The van der Waals surface area contributed by atoms with Gasteiger partial charge in [-0.25, -0.2) is 0 Å². The minimum atomic E-state index is 0.207. The van der Waals surface area contributed by atoms with Gasteiger partial charge in [-0.05, 0) is 37.3 Å². The fraction of sp³-hybridized carbons (Fsp3) is 0.647. The normalized spacial score (nSPS) is 16.5. The summed E-state index contributed by atoms with van der Waals surface area (Å²) in [4.78, 5) is 0. The van der Waals surface area contributed by atoms with E-state index >= 15 is 0 Å². The highest BCUT2D eigenvalue weighted by Gasteiger charge is 2.23. The van der Waals surface area contributed by atoms with Gasteiger partial charge < -0.3 is 10.1 Å². The first kappa shape index (κ1) is 14.5. The first-order chi connectivity index (χ1) is 9.31. The van der Waals surface area contributed by atoms with Gasteiger partial charge in [-0.2, -0.15) is 0 Å². The van der Waals surface area contributed by atoms with Crippen LogP contribution in [-0.2, 0) is 4.74 Å². The molecule has 1 aromatic rings. The van der Waals surface area contributed by atoms with Crippen LogP contribution < -0.4 is 5.32 Å². The van der Waals surface area contributed by atoms with E-state index in [1.54, 1.807) is 0 Å². The summed E-state index contributed by atoms with van der Waals surface area (Å²) in [6.07, 6.45) is 6.54. The monoisotopic (exact) mass is 261 g/mol. The molecule has 1 aromatic carbocycles. The second-order valence-corrected chi connectivity index (χ2v) is 5.61. The van der Waals surface area contributed by atoms with Crippen LogP contribution >= 0.6 is 0 Å². The van der Waals surface area contributed by atoms with E-state index in [1.807, 2.05) is 0 Å². The molecule has 0 saturated heterocycles. The van der Waals surface area contributed by atoms with Crippen LogP contribution in [0.2, 0.25) is 0 Å². The Labute approximate surface area is 117 Å². The minimum absolute atomic E-state index is 0.207. The molecule has 1 unspecified atom stereocenters. The van der Waals surface area contributed by atoms with Crippen molar-refractivity contribution in [3.63, 3.8) is 0 Å². The van der Waals surface area contributed by atoms with Gasteiger partial charge >= 0.3 is 0 Å². The summed E-state index contributed by atoms with van der Waals surface area (Å²) in [5.41, 5.74) is 2.67. The van der Waals surface area contributed by atoms with E-state index in [0.29, 0.717) is 0 Å². The average molecular weight is 261 g/mol. The maximum absolute atomic E-state index is 6.13. The zero-order valence-corrected chi connectivity index (χ0v) is 12.3. The fourth-order valence-electron chi connectivity index (χ4n) is 2.35. The third kappa shape index (κ3) is 4.96. The second kappa shape index (κ2) is 7.66. The van der Waals surface area contributed by atoms with Gasteiger partial charge in [0.2, 0.25) is 0 Å². The van der Waals surface area contributed by atoms with Crippen LogP contribution in [0.1, 0.15) is 56.3 Å². The quantitative estimate of drug-likeness (QED) is 0.679. The molecule has 1 aliphatic rings. The Bertz CT molecular complexity index is 373. The topological polar surface area (TPSA) is 21.3 Å². The van der Waals surface area contributed by atoms with Crippen LogP contribution in [0.25, 0.3) is 0 Å². The summed E-state index contributed by atoms with van der Waals surface area (Å²) in [7, 11) is 0. The summed E-state index contributed by atoms with van der Waals surface area (Å²) in [6, 6.07) is 9.33. The Morgan fingerprint density at radius 1 is 1.26 bits per heavy atom. The van der Waals surface area contributed by atoms with E-state index in [1.165, 1.54) is 43.2 Å². The van der Waals surface area contributed by atoms with Gasteiger partial charge in [0, 0.05) is 19.2 Å². The number of ether oxygens (including phenoxy) is 1. The predicted octanol–water partition coefficient (Wildman–Crippen LogP) is 3.99. The second-order valence-electron chi connectivity index (χ2n) is 5.61. The molecule has 19 heavy (non-hydrogen) atoms. The lowest BCUT2D eigenvalue weighted by molar-refractivity contribution is 0.0493. The molecule has 0 spiro atoms. The van der Waals surface area contributed by atoms with Gasteiger partial charge in [-0.15, -0.1) is 0 Å². The zero-order chi connectivity index (χ0) is 13.5. The Hall–Kier alpha value is -0.860. The van der Waals surface area contributed by atoms with Crippen LogP contribution in [-0.4, -0.2) is 19.2 Å². The minimum Gasteiger partial charge on any atom is -0.372 e. The number of benzene rings is 1. The van der Waals surface area contributed by atoms with Crippen molar-refractivity contribution in [2.75, 3.05) is 13.2 Å². The molecule has 1 aliphatic carbocycles. The van der Waals surface area contributed by atoms with Gasteiger partial charge in [0.15, 0.2) is 0 Å². The Morgan fingerprint density at radius 3 is 2.74 bits per heavy atom. The molecule has 0 aromatic heterocycles. The summed E-state index contributed by atoms with van der Waals surface area (Å²) >= 11 is 0. The number of unbranched alkanes of at least 4 members (excludes halogenated alkanes) is 2. The fourth-order valence-corrected chi connectivity index (χ4v) is 2.35. The lowest BCUT2D eigenvalue weighted by Crippen LogP contribution is -2.26. The molecule has 2 rings (SSSR count). The molecule has 106 valence electrons. The lowest BCUT2D eigenvalue weighted by Gasteiger charge is -2.21. The molecule has 1 saturated carbocycles. The van der Waals surface area contributed by atoms with Crippen LogP contribution in [0.3, 0.4) is 0 Å². The van der Waals surface area contributed by atoms with Crippen molar-refractivity contribution in [1.82, 2.24) is 5.32 Å². The first-order valence-electron chi connectivity index (χ1n) is 7.71. The van der Waals surface area contributed by atoms with Gasteiger partial charge in [-0.3, -0.25) is 0 Å². The van der Waals surface area contributed by atoms with Gasteiger partial charge in [0.25, 0.3) is 0 Å². The SMILES string of the molecule is CCCCCOC(CNC1CC1)c1ccccc1C. The zero-order valence-electron chi connectivity index (χ0n) is 12.3. The van der Waals surface area contributed by atoms with E-state index < -0.39 is 0 Å². The summed E-state index contributed by atoms with van der Waals surface area (Å²) < 4.78 is 6.13. The van der Waals surface area contributed by atoms with Gasteiger partial charge in [0.1, 0.15) is 0 Å². The standard InChI is InChI=1S/C17H27NO/c1-3-4-7-12-19-17(13-18-15-10-11-15)16-9-6-5-8-14(16)2/h5-6,8-9,15,17-18H,3-4,7,10-13H2,1-2H3. The molecule has 0 heterocycles. The lowest BCUT2D eigenvalue weighted by atomic mass is 10.0. The van der Waals surface area contributed by atoms with Gasteiger partial charge in [0.05, 0.1) is 6.10 Å². The number of nitrogens with one attached hydrogen (secondary N) is 1. The highest BCUT2D eigenvalue weighted by molar-refractivity contribution is 5.28. The highest BCUT2D eigenvalue weighted by atomic mass is 16.5. The van der Waals surface area contributed by atoms with E-state index in [-0.39, 0.29) is 6.10 Å². The van der Waals surface area contributed by atoms with E-state index in [0.717, 1.165) is 19.2 Å². The molecular formula is C17H27NO. The van der Waals surface area contributed by atoms with Crippen molar-refractivity contribution in [1.29, 1.82) is 0 Å². The van der Waals surface area contributed by atoms with Crippen molar-refractivity contribution in [3.05, 3.63) is 35.4 Å². The molecular weight excluding hydrogens is 234 g/mol. The highest BCUT2D eigenvalue weighted by Crippen LogP contribution is 2.24. The summed E-state index contributed by atoms with van der Waals surface area (Å²) in [5.74, 6) is 0. The molecule has 1 N–H and O–H groups in total. The Kier molecular flexibility index (Phi) is 5.87. The van der Waals surface area contributed by atoms with Gasteiger partial charge in [-0.1, -0.05) is 44.0 Å². The van der Waals surface area contributed by atoms with Crippen LogP contribution in [0.15, 0.2) is 24.3 Å². The smallest absolute Gasteiger partial charge is 0.0951 e. The maximum Gasteiger partial charge on any atom is 0.0951 e. The molecule has 0 amide bonds. The average Bonchev–Trinajstić information content (AvgIpc) is 3.23. The summed E-state index contributed by atoms with van der Waals surface area (Å²) in [6.45, 7) is 6.23. The Balaban J connectivity index is 1.90. The predicted molar refractivity (Wildman–Crippen MR) is 80.4 cm³/mol. The number of aryl methyl sites for hydroxylation is 1. The van der Waals surface area contributed by atoms with Crippen molar-refractivity contribution in [3.8, 4) is 0 Å². The Morgan fingerprint density at radius 2 is 2.05 bits per heavy atom. The number of rotatable bonds is 9. The number of hydrogen-bond donors (Lipinski definition) is 1. The van der Waals surface area contributed by atoms with E-state index in [2.05, 4.69) is 43.4 Å². The van der Waals surface area contributed by atoms with Crippen LogP contribution in [0, 0.1) is 6.92 Å². The molecule has 0 bridgehead atoms. The van der Waals surface area contributed by atoms with E-state index in [9.17, 15) is 0 Å². The third-order valence-electron chi connectivity index (χ3n) is 3.77. The van der Waals surface area contributed by atoms with E-state index in [4.69, 9.17) is 4.74 Å².